The minimum Gasteiger partial charge on any atom is -0.308 e. The van der Waals surface area contributed by atoms with Crippen LogP contribution in [0.2, 0.25) is 0 Å². The van der Waals surface area contributed by atoms with Gasteiger partial charge in [0.2, 0.25) is 0 Å². The summed E-state index contributed by atoms with van der Waals surface area (Å²) in [5, 5.41) is 0. The summed E-state index contributed by atoms with van der Waals surface area (Å²) < 4.78 is 236. The van der Waals surface area contributed by atoms with E-state index in [2.05, 4.69) is 18.1 Å². The van der Waals surface area contributed by atoms with Crippen LogP contribution in [0.5, 0.6) is 0 Å². The Morgan fingerprint density at radius 3 is 1.24 bits per heavy atom. The van der Waals surface area contributed by atoms with Crippen LogP contribution in [0.15, 0.2) is 0 Å². The van der Waals surface area contributed by atoms with Gasteiger partial charge in [0, 0.05) is 27.4 Å². The van der Waals surface area contributed by atoms with Gasteiger partial charge in [-0.15, -0.1) is 0 Å². The lowest BCUT2D eigenvalue weighted by Crippen LogP contribution is -2.05. The van der Waals surface area contributed by atoms with Gasteiger partial charge in [0.15, 0.2) is 0 Å². The molecule has 0 aromatic rings. The molecule has 0 heterocycles. The van der Waals surface area contributed by atoms with E-state index in [0.717, 1.165) is 0 Å². The summed E-state index contributed by atoms with van der Waals surface area (Å²) in [6, 6.07) is 0. The second kappa shape index (κ2) is 12.5. The van der Waals surface area contributed by atoms with Crippen LogP contribution in [0.25, 0.3) is 0 Å². The molecule has 5 nitrogen and oxygen atoms in total. The Balaban J connectivity index is 8.00. The molecule has 9 heteroatoms. The lowest BCUT2D eigenvalue weighted by molar-refractivity contribution is 0.162. The lowest BCUT2D eigenvalue weighted by atomic mass is 10.5. The smallest absolute Gasteiger partial charge is 0.308 e. The molecule has 0 amide bonds. The van der Waals surface area contributed by atoms with E-state index in [9.17, 15) is 0 Å². The Bertz CT molecular complexity index is 1100. The summed E-state index contributed by atoms with van der Waals surface area (Å²) in [6.45, 7) is -46.6. The van der Waals surface area contributed by atoms with Crippen molar-refractivity contribution in [3.05, 3.63) is 0 Å². The normalized spacial score (nSPS) is 40.4. The van der Waals surface area contributed by atoms with Crippen molar-refractivity contribution in [2.45, 2.75) is 52.9 Å². The van der Waals surface area contributed by atoms with Gasteiger partial charge in [-0.1, -0.05) is 27.4 Å². The number of hydrogen-bond acceptors (Lipinski definition) is 7. The van der Waals surface area contributed by atoms with Gasteiger partial charge in [0.25, 0.3) is 0 Å². The molecular formula is C12H28O5P2S2. The SMILES string of the molecule is [2H]C([2H])([2H])C([2H])([2H])C([2H])([2H])OP(=S)(OC([2H])([2H])C([2H])([2H])C([2H])([2H])[2H])OP(=S)(OC([2H])([2H])C([2H])([2H])C([2H])([2H])[2H])OC([2H])([2H])C([2H])([2H])C([2H])([2H])[2H]. The molecular weight excluding hydrogens is 350 g/mol. The summed E-state index contributed by atoms with van der Waals surface area (Å²) in [4.78, 5) is 0. The molecule has 0 atom stereocenters. The Morgan fingerprint density at radius 2 is 1.00 bits per heavy atom. The molecule has 0 radical (unpaired) electrons. The van der Waals surface area contributed by atoms with Crippen molar-refractivity contribution in [1.29, 1.82) is 0 Å². The molecule has 128 valence electrons. The van der Waals surface area contributed by atoms with E-state index in [0.29, 0.717) is 0 Å². The van der Waals surface area contributed by atoms with Gasteiger partial charge in [0.05, 0.1) is 37.2 Å². The Labute approximate surface area is 178 Å². The fraction of sp³-hybridized carbons (Fsp3) is 1.00. The van der Waals surface area contributed by atoms with Crippen molar-refractivity contribution in [2.24, 2.45) is 0 Å². The van der Waals surface area contributed by atoms with Gasteiger partial charge in [-0.3, -0.25) is 0 Å². The first-order chi connectivity index (χ1) is 20.5. The van der Waals surface area contributed by atoms with Crippen LogP contribution in [0.4, 0.5) is 0 Å². The van der Waals surface area contributed by atoms with Gasteiger partial charge in [-0.2, -0.15) is 0 Å². The summed E-state index contributed by atoms with van der Waals surface area (Å²) in [5.74, 6) is 0. The van der Waals surface area contributed by atoms with Crippen molar-refractivity contribution >= 4 is 37.1 Å². The monoisotopic (exact) mass is 406 g/mol. The van der Waals surface area contributed by atoms with Crippen molar-refractivity contribution in [2.75, 3.05) is 26.2 Å². The zero-order valence-electron chi connectivity index (χ0n) is 37.8. The molecule has 0 aliphatic rings. The maximum absolute atomic E-state index is 7.92. The molecule has 0 N–H and O–H groups in total. The van der Waals surface area contributed by atoms with Gasteiger partial charge >= 0.3 is 13.4 Å². The largest absolute Gasteiger partial charge is 0.334 e. The van der Waals surface area contributed by atoms with E-state index in [-0.39, 0.29) is 0 Å². The molecule has 0 saturated heterocycles. The average Bonchev–Trinajstić information content (AvgIpc) is 2.72. The molecule has 0 unspecified atom stereocenters. The first-order valence-corrected chi connectivity index (χ1v) is 9.39. The molecule has 0 aromatic heterocycles. The van der Waals surface area contributed by atoms with E-state index in [1.807, 2.05) is 0 Å². The van der Waals surface area contributed by atoms with E-state index < -0.39 is 92.6 Å². The van der Waals surface area contributed by atoms with Crippen LogP contribution < -0.4 is 0 Å². The van der Waals surface area contributed by atoms with E-state index >= 15 is 0 Å². The number of hydrogen-bond donors (Lipinski definition) is 0. The minimum absolute atomic E-state index is 4.03. The van der Waals surface area contributed by atoms with E-state index in [1.165, 1.54) is 0 Å². The van der Waals surface area contributed by atoms with E-state index in [1.54, 1.807) is 0 Å². The van der Waals surface area contributed by atoms with Crippen molar-refractivity contribution in [1.82, 2.24) is 0 Å². The highest BCUT2D eigenvalue weighted by Crippen LogP contribution is 2.66. The predicted octanol–water partition coefficient (Wildman–Crippen LogP) is 5.16. The zero-order chi connectivity index (χ0) is 40.5. The van der Waals surface area contributed by atoms with Crippen LogP contribution in [0.3, 0.4) is 0 Å². The van der Waals surface area contributed by atoms with Crippen LogP contribution in [-0.2, 0) is 46.0 Å². The standard InChI is InChI=1S/C12H28O5P2S2/c1-5-9-13-18(20,14-10-6-2)17-19(21,15-11-7-3)16-12-8-4/h5-12H2,1-4H3/i1D3,2D3,3D3,4D3,5D2,6D2,7D2,8D2,9D2,10D2,11D2,12D2. The predicted molar refractivity (Wildman–Crippen MR) is 94.6 cm³/mol. The van der Waals surface area contributed by atoms with Crippen LogP contribution in [-0.4, -0.2) is 26.2 Å². The maximum atomic E-state index is 7.92. The topological polar surface area (TPSA) is 46.2 Å². The summed E-state index contributed by atoms with van der Waals surface area (Å²) >= 11 is 9.50. The highest BCUT2D eigenvalue weighted by atomic mass is 32.5. The quantitative estimate of drug-likeness (QED) is 0.369. The molecule has 0 aliphatic heterocycles. The lowest BCUT2D eigenvalue weighted by Gasteiger charge is -2.28. The molecule has 21 heavy (non-hydrogen) atoms. The Kier molecular flexibility index (Phi) is 2.43. The fourth-order valence-electron chi connectivity index (χ4n) is 0.541. The van der Waals surface area contributed by atoms with Gasteiger partial charge in [0.1, 0.15) is 0 Å². The third kappa shape index (κ3) is 10.5. The van der Waals surface area contributed by atoms with Gasteiger partial charge in [-0.05, 0) is 49.1 Å². The first-order valence-electron chi connectivity index (χ1n) is 18.3. The first kappa shape index (κ1) is 4.08. The Hall–Kier alpha value is 1.10. The molecule has 0 aromatic carbocycles. The average molecular weight is 407 g/mol. The van der Waals surface area contributed by atoms with Crippen LogP contribution in [0, 0.1) is 0 Å². The number of rotatable bonds is 14. The molecule has 0 bridgehead atoms. The maximum Gasteiger partial charge on any atom is 0.334 e. The molecule has 0 aliphatic carbocycles. The second-order valence-corrected chi connectivity index (χ2v) is 8.11. The highest BCUT2D eigenvalue weighted by Gasteiger charge is 2.32. The van der Waals surface area contributed by atoms with Crippen molar-refractivity contribution < 1.29 is 60.8 Å². The van der Waals surface area contributed by atoms with Crippen molar-refractivity contribution in [3.63, 3.8) is 0 Å². The fourth-order valence-corrected chi connectivity index (χ4v) is 5.17. The molecule has 0 spiro atoms. The third-order valence-electron chi connectivity index (χ3n) is 1.03. The molecule has 0 fully saturated rings. The Morgan fingerprint density at radius 1 is 0.714 bits per heavy atom. The molecule has 0 rings (SSSR count). The van der Waals surface area contributed by atoms with Crippen LogP contribution in [0.1, 0.15) is 91.3 Å². The van der Waals surface area contributed by atoms with E-state index in [4.69, 9.17) is 66.3 Å². The summed E-state index contributed by atoms with van der Waals surface area (Å²) in [5.41, 5.74) is 0. The highest BCUT2D eigenvalue weighted by molar-refractivity contribution is 8.14. The summed E-state index contributed by atoms with van der Waals surface area (Å²) in [7, 11) is 0. The summed E-state index contributed by atoms with van der Waals surface area (Å²) in [6.07, 6.45) is -17.1. The third-order valence-corrected chi connectivity index (χ3v) is 5.99. The van der Waals surface area contributed by atoms with Crippen LogP contribution >= 0.6 is 13.4 Å². The second-order valence-electron chi connectivity index (χ2n) is 2.25. The van der Waals surface area contributed by atoms with Crippen molar-refractivity contribution in [3.8, 4) is 0 Å². The van der Waals surface area contributed by atoms with Gasteiger partial charge in [-0.25, -0.2) is 4.31 Å². The zero-order valence-corrected chi connectivity index (χ0v) is 13.2. The van der Waals surface area contributed by atoms with Gasteiger partial charge < -0.3 is 18.1 Å². The minimum atomic E-state index is -6.33. The molecule has 0 saturated carbocycles.